The second-order valence-corrected chi connectivity index (χ2v) is 6.10. The van der Waals surface area contributed by atoms with Gasteiger partial charge in [0.2, 0.25) is 0 Å². The van der Waals surface area contributed by atoms with Crippen molar-refractivity contribution in [2.45, 2.75) is 37.1 Å². The molecule has 1 fully saturated rings. The second-order valence-electron chi connectivity index (χ2n) is 6.10. The van der Waals surface area contributed by atoms with Gasteiger partial charge in [-0.3, -0.25) is 0 Å². The minimum absolute atomic E-state index is 0.343. The van der Waals surface area contributed by atoms with Gasteiger partial charge in [0.05, 0.1) is 6.61 Å². The van der Waals surface area contributed by atoms with Gasteiger partial charge in [-0.25, -0.2) is 0 Å². The van der Waals surface area contributed by atoms with Crippen LogP contribution in [0.25, 0.3) is 0 Å². The number of benzene rings is 2. The van der Waals surface area contributed by atoms with Gasteiger partial charge in [-0.2, -0.15) is 0 Å². The van der Waals surface area contributed by atoms with Crippen molar-refractivity contribution < 1.29 is 29.9 Å². The monoisotopic (exact) mass is 346 g/mol. The summed E-state index contributed by atoms with van der Waals surface area (Å²) < 4.78 is 11.3. The van der Waals surface area contributed by atoms with Crippen LogP contribution in [0.5, 0.6) is 5.75 Å². The summed E-state index contributed by atoms with van der Waals surface area (Å²) in [5.41, 5.74) is 1.52. The normalized spacial score (nSPS) is 29.4. The van der Waals surface area contributed by atoms with E-state index in [-0.39, 0.29) is 0 Å². The lowest BCUT2D eigenvalue weighted by molar-refractivity contribution is -0.231. The number of para-hydroxylation sites is 1. The van der Waals surface area contributed by atoms with E-state index in [4.69, 9.17) is 9.47 Å². The predicted molar refractivity (Wildman–Crippen MR) is 89.9 cm³/mol. The van der Waals surface area contributed by atoms with Crippen LogP contribution in [0, 0.1) is 0 Å². The lowest BCUT2D eigenvalue weighted by atomic mass is 9.91. The highest BCUT2D eigenvalue weighted by molar-refractivity contribution is 5.28. The molecule has 2 aromatic carbocycles. The number of aliphatic hydroxyl groups excluding tert-OH is 4. The summed E-state index contributed by atoms with van der Waals surface area (Å²) in [7, 11) is 0. The van der Waals surface area contributed by atoms with E-state index >= 15 is 0 Å². The van der Waals surface area contributed by atoms with Gasteiger partial charge in [0, 0.05) is 0 Å². The van der Waals surface area contributed by atoms with Crippen LogP contribution in [-0.4, -0.2) is 51.4 Å². The van der Waals surface area contributed by atoms with Crippen LogP contribution in [0.2, 0.25) is 0 Å². The molecule has 1 unspecified atom stereocenters. The first-order chi connectivity index (χ1) is 12.1. The van der Waals surface area contributed by atoms with Gasteiger partial charge in [0.1, 0.15) is 42.9 Å². The first-order valence-electron chi connectivity index (χ1n) is 8.17. The van der Waals surface area contributed by atoms with Crippen LogP contribution < -0.4 is 4.74 Å². The van der Waals surface area contributed by atoms with Crippen molar-refractivity contribution in [2.24, 2.45) is 0 Å². The fourth-order valence-electron chi connectivity index (χ4n) is 2.92. The SMILES string of the molecule is OC[C@H]1OC(c2cccc(COc3ccccc3)c2)[C@@H](O)[C@@H](O)[C@@H]1O. The van der Waals surface area contributed by atoms with E-state index in [0.717, 1.165) is 11.3 Å². The summed E-state index contributed by atoms with van der Waals surface area (Å²) in [5.74, 6) is 0.751. The smallest absolute Gasteiger partial charge is 0.119 e. The number of hydrogen-bond acceptors (Lipinski definition) is 6. The molecule has 0 bridgehead atoms. The molecular formula is C19H22O6. The fraction of sp³-hybridized carbons (Fsp3) is 0.368. The maximum Gasteiger partial charge on any atom is 0.119 e. The third-order valence-electron chi connectivity index (χ3n) is 4.32. The molecular weight excluding hydrogens is 324 g/mol. The minimum Gasteiger partial charge on any atom is -0.489 e. The van der Waals surface area contributed by atoms with Crippen molar-refractivity contribution in [3.05, 3.63) is 65.7 Å². The lowest BCUT2D eigenvalue weighted by Crippen LogP contribution is -2.55. The Hall–Kier alpha value is -1.96. The average Bonchev–Trinajstić information content (AvgIpc) is 2.66. The van der Waals surface area contributed by atoms with Crippen molar-refractivity contribution in [3.8, 4) is 5.75 Å². The molecule has 0 aromatic heterocycles. The van der Waals surface area contributed by atoms with E-state index in [1.54, 1.807) is 12.1 Å². The Morgan fingerprint density at radius 1 is 0.880 bits per heavy atom. The molecule has 3 rings (SSSR count). The molecule has 0 amide bonds. The molecule has 25 heavy (non-hydrogen) atoms. The summed E-state index contributed by atoms with van der Waals surface area (Å²) in [4.78, 5) is 0. The van der Waals surface area contributed by atoms with Crippen molar-refractivity contribution in [2.75, 3.05) is 6.61 Å². The molecule has 1 aliphatic heterocycles. The predicted octanol–water partition coefficient (Wildman–Crippen LogP) is 0.780. The quantitative estimate of drug-likeness (QED) is 0.639. The highest BCUT2D eigenvalue weighted by Gasteiger charge is 2.43. The molecule has 5 atom stereocenters. The van der Waals surface area contributed by atoms with Gasteiger partial charge in [-0.15, -0.1) is 0 Å². The molecule has 0 aliphatic carbocycles. The summed E-state index contributed by atoms with van der Waals surface area (Å²) in [5, 5.41) is 39.3. The van der Waals surface area contributed by atoms with E-state index in [1.165, 1.54) is 0 Å². The summed E-state index contributed by atoms with van der Waals surface area (Å²) in [6.07, 6.45) is -5.80. The van der Waals surface area contributed by atoms with Crippen molar-refractivity contribution in [1.29, 1.82) is 0 Å². The molecule has 4 N–H and O–H groups in total. The van der Waals surface area contributed by atoms with E-state index in [2.05, 4.69) is 0 Å². The van der Waals surface area contributed by atoms with Crippen molar-refractivity contribution >= 4 is 0 Å². The zero-order valence-electron chi connectivity index (χ0n) is 13.6. The highest BCUT2D eigenvalue weighted by Crippen LogP contribution is 2.32. The fourth-order valence-corrected chi connectivity index (χ4v) is 2.92. The van der Waals surface area contributed by atoms with Crippen LogP contribution >= 0.6 is 0 Å². The Morgan fingerprint density at radius 3 is 2.36 bits per heavy atom. The Morgan fingerprint density at radius 2 is 1.64 bits per heavy atom. The van der Waals surface area contributed by atoms with Gasteiger partial charge >= 0.3 is 0 Å². The standard InChI is InChI=1S/C19H22O6/c20-10-15-16(21)17(22)18(23)19(25-15)13-6-4-5-12(9-13)11-24-14-7-2-1-3-8-14/h1-9,15-23H,10-11H2/t15-,16-,17+,18+,19?/m1/s1. The molecule has 0 saturated carbocycles. The number of ether oxygens (including phenoxy) is 2. The van der Waals surface area contributed by atoms with Gasteiger partial charge < -0.3 is 29.9 Å². The van der Waals surface area contributed by atoms with Gasteiger partial charge in [-0.05, 0) is 29.3 Å². The molecule has 134 valence electrons. The largest absolute Gasteiger partial charge is 0.489 e. The molecule has 1 heterocycles. The highest BCUT2D eigenvalue weighted by atomic mass is 16.5. The Labute approximate surface area is 145 Å². The van der Waals surface area contributed by atoms with E-state index in [9.17, 15) is 20.4 Å². The van der Waals surface area contributed by atoms with Crippen LogP contribution in [0.4, 0.5) is 0 Å². The number of rotatable bonds is 5. The Balaban J connectivity index is 1.74. The Bertz CT molecular complexity index is 675. The molecule has 0 radical (unpaired) electrons. The molecule has 1 aliphatic rings. The minimum atomic E-state index is -1.39. The topological polar surface area (TPSA) is 99.4 Å². The van der Waals surface area contributed by atoms with E-state index in [1.807, 2.05) is 42.5 Å². The Kier molecular flexibility index (Phi) is 5.67. The average molecular weight is 346 g/mol. The molecule has 6 nitrogen and oxygen atoms in total. The third kappa shape index (κ3) is 4.00. The maximum absolute atomic E-state index is 10.2. The zero-order valence-corrected chi connectivity index (χ0v) is 13.6. The molecule has 0 spiro atoms. The van der Waals surface area contributed by atoms with E-state index < -0.39 is 37.1 Å². The van der Waals surface area contributed by atoms with Crippen molar-refractivity contribution in [3.63, 3.8) is 0 Å². The summed E-state index contributed by atoms with van der Waals surface area (Å²) in [6, 6.07) is 16.7. The van der Waals surface area contributed by atoms with Crippen LogP contribution in [0.3, 0.4) is 0 Å². The van der Waals surface area contributed by atoms with Crippen LogP contribution in [0.1, 0.15) is 17.2 Å². The third-order valence-corrected chi connectivity index (χ3v) is 4.32. The first-order valence-corrected chi connectivity index (χ1v) is 8.17. The molecule has 1 saturated heterocycles. The second kappa shape index (κ2) is 7.95. The van der Waals surface area contributed by atoms with Crippen molar-refractivity contribution in [1.82, 2.24) is 0 Å². The first kappa shape index (κ1) is 17.8. The number of aliphatic hydroxyl groups is 4. The maximum atomic E-state index is 10.2. The zero-order chi connectivity index (χ0) is 17.8. The van der Waals surface area contributed by atoms with Gasteiger partial charge in [-0.1, -0.05) is 36.4 Å². The van der Waals surface area contributed by atoms with Gasteiger partial charge in [0.25, 0.3) is 0 Å². The molecule has 6 heteroatoms. The van der Waals surface area contributed by atoms with E-state index in [0.29, 0.717) is 12.2 Å². The summed E-state index contributed by atoms with van der Waals surface area (Å²) >= 11 is 0. The number of hydrogen-bond donors (Lipinski definition) is 4. The lowest BCUT2D eigenvalue weighted by Gasteiger charge is -2.40. The van der Waals surface area contributed by atoms with Crippen LogP contribution in [-0.2, 0) is 11.3 Å². The van der Waals surface area contributed by atoms with Crippen LogP contribution in [0.15, 0.2) is 54.6 Å². The molecule has 2 aromatic rings. The van der Waals surface area contributed by atoms with Gasteiger partial charge in [0.15, 0.2) is 0 Å². The summed E-state index contributed by atoms with van der Waals surface area (Å²) in [6.45, 7) is -0.104.